The van der Waals surface area contributed by atoms with Crippen LogP contribution < -0.4 is 5.32 Å². The highest BCUT2D eigenvalue weighted by Gasteiger charge is 2.45. The number of hydrogen-bond acceptors (Lipinski definition) is 2. The summed E-state index contributed by atoms with van der Waals surface area (Å²) in [4.78, 5) is 4.79. The normalized spacial score (nSPS) is 35.2. The van der Waals surface area contributed by atoms with Crippen molar-refractivity contribution in [2.45, 2.75) is 46.6 Å². The maximum atomic E-state index is 4.79. The molecule has 1 heterocycles. The summed E-state index contributed by atoms with van der Waals surface area (Å²) in [6.07, 6.45) is 2.75. The van der Waals surface area contributed by atoms with Crippen molar-refractivity contribution in [3.05, 3.63) is 0 Å². The third-order valence-corrected chi connectivity index (χ3v) is 5.56. The second kappa shape index (κ2) is 4.59. The predicted octanol–water partition coefficient (Wildman–Crippen LogP) is 3.14. The van der Waals surface area contributed by atoms with Crippen molar-refractivity contribution in [2.75, 3.05) is 12.3 Å². The van der Waals surface area contributed by atoms with Gasteiger partial charge in [0.15, 0.2) is 5.17 Å². The van der Waals surface area contributed by atoms with Gasteiger partial charge in [0.2, 0.25) is 0 Å². The lowest BCUT2D eigenvalue weighted by molar-refractivity contribution is 0.370. The molecule has 1 aliphatic carbocycles. The van der Waals surface area contributed by atoms with Gasteiger partial charge in [0.05, 0.1) is 0 Å². The smallest absolute Gasteiger partial charge is 0.156 e. The van der Waals surface area contributed by atoms with Crippen LogP contribution in [0.25, 0.3) is 0 Å². The van der Waals surface area contributed by atoms with Crippen LogP contribution >= 0.6 is 11.8 Å². The van der Waals surface area contributed by atoms with E-state index in [1.165, 1.54) is 23.8 Å². The van der Waals surface area contributed by atoms with E-state index in [1.807, 2.05) is 11.8 Å². The first-order chi connectivity index (χ1) is 7.53. The minimum absolute atomic E-state index is 0.543. The second-order valence-corrected chi connectivity index (χ2v) is 6.87. The first-order valence-electron chi connectivity index (χ1n) is 6.47. The van der Waals surface area contributed by atoms with E-state index in [-0.39, 0.29) is 0 Å². The van der Waals surface area contributed by atoms with Crippen LogP contribution in [0.5, 0.6) is 0 Å². The molecular weight excluding hydrogens is 216 g/mol. The molecule has 0 aromatic rings. The van der Waals surface area contributed by atoms with Crippen molar-refractivity contribution < 1.29 is 0 Å². The SMILES string of the molecule is CC1CSC(=NCC2(C(C)C)CC2)NC1C. The van der Waals surface area contributed by atoms with Crippen LogP contribution in [0.15, 0.2) is 4.99 Å². The van der Waals surface area contributed by atoms with E-state index in [4.69, 9.17) is 4.99 Å². The zero-order chi connectivity index (χ0) is 11.8. The van der Waals surface area contributed by atoms with Crippen molar-refractivity contribution in [3.63, 3.8) is 0 Å². The summed E-state index contributed by atoms with van der Waals surface area (Å²) < 4.78 is 0. The summed E-state index contributed by atoms with van der Waals surface area (Å²) in [5.41, 5.74) is 0.543. The third kappa shape index (κ3) is 2.55. The number of nitrogens with zero attached hydrogens (tertiary/aromatic N) is 1. The lowest BCUT2D eigenvalue weighted by Crippen LogP contribution is -2.41. The maximum absolute atomic E-state index is 4.79. The van der Waals surface area contributed by atoms with E-state index in [9.17, 15) is 0 Å². The number of rotatable bonds is 3. The molecule has 0 radical (unpaired) electrons. The summed E-state index contributed by atoms with van der Waals surface area (Å²) in [7, 11) is 0. The average Bonchev–Trinajstić information content (AvgIpc) is 3.01. The highest BCUT2D eigenvalue weighted by atomic mass is 32.2. The average molecular weight is 240 g/mol. The number of hydrogen-bond donors (Lipinski definition) is 1. The molecule has 1 saturated carbocycles. The molecule has 2 rings (SSSR count). The highest BCUT2D eigenvalue weighted by Crippen LogP contribution is 2.52. The van der Waals surface area contributed by atoms with Gasteiger partial charge in [-0.1, -0.05) is 32.5 Å². The Labute approximate surface area is 104 Å². The molecule has 0 aromatic carbocycles. The van der Waals surface area contributed by atoms with Gasteiger partial charge in [0.25, 0.3) is 0 Å². The van der Waals surface area contributed by atoms with Crippen LogP contribution in [-0.2, 0) is 0 Å². The molecule has 2 fully saturated rings. The molecule has 16 heavy (non-hydrogen) atoms. The van der Waals surface area contributed by atoms with Gasteiger partial charge >= 0.3 is 0 Å². The van der Waals surface area contributed by atoms with Crippen molar-refractivity contribution in [2.24, 2.45) is 22.2 Å². The fourth-order valence-corrected chi connectivity index (χ4v) is 3.27. The Morgan fingerprint density at radius 1 is 1.44 bits per heavy atom. The Hall–Kier alpha value is -0.180. The minimum atomic E-state index is 0.543. The Morgan fingerprint density at radius 3 is 2.62 bits per heavy atom. The Kier molecular flexibility index (Phi) is 3.53. The van der Waals surface area contributed by atoms with E-state index >= 15 is 0 Å². The van der Waals surface area contributed by atoms with Crippen LogP contribution in [0.2, 0.25) is 0 Å². The molecule has 3 heteroatoms. The van der Waals surface area contributed by atoms with Gasteiger partial charge in [-0.05, 0) is 37.0 Å². The molecule has 0 aromatic heterocycles. The van der Waals surface area contributed by atoms with E-state index in [2.05, 4.69) is 33.0 Å². The summed E-state index contributed by atoms with van der Waals surface area (Å²) in [5, 5.41) is 4.70. The Morgan fingerprint density at radius 2 is 2.12 bits per heavy atom. The first kappa shape index (κ1) is 12.3. The standard InChI is InChI=1S/C13H24N2S/c1-9(2)13(5-6-13)8-14-12-15-11(4)10(3)7-16-12/h9-11H,5-8H2,1-4H3,(H,14,15). The van der Waals surface area contributed by atoms with Crippen LogP contribution in [0, 0.1) is 17.3 Å². The fourth-order valence-electron chi connectivity index (χ4n) is 2.13. The lowest BCUT2D eigenvalue weighted by Gasteiger charge is -2.29. The number of amidine groups is 1. The molecule has 2 atom stereocenters. The Bertz CT molecular complexity index is 282. The van der Waals surface area contributed by atoms with Gasteiger partial charge in [0.1, 0.15) is 0 Å². The summed E-state index contributed by atoms with van der Waals surface area (Å²) in [6.45, 7) is 10.3. The molecule has 1 saturated heterocycles. The minimum Gasteiger partial charge on any atom is -0.362 e. The number of nitrogens with one attached hydrogen (secondary N) is 1. The monoisotopic (exact) mass is 240 g/mol. The molecule has 1 N–H and O–H groups in total. The topological polar surface area (TPSA) is 24.4 Å². The van der Waals surface area contributed by atoms with Crippen molar-refractivity contribution in [1.29, 1.82) is 0 Å². The lowest BCUT2D eigenvalue weighted by atomic mass is 9.93. The molecular formula is C13H24N2S. The van der Waals surface area contributed by atoms with Crippen molar-refractivity contribution in [1.82, 2.24) is 5.32 Å². The zero-order valence-corrected chi connectivity index (χ0v) is 11.7. The van der Waals surface area contributed by atoms with Gasteiger partial charge in [-0.3, -0.25) is 4.99 Å². The quantitative estimate of drug-likeness (QED) is 0.819. The first-order valence-corrected chi connectivity index (χ1v) is 7.46. The van der Waals surface area contributed by atoms with Crippen LogP contribution in [0.4, 0.5) is 0 Å². The molecule has 0 amide bonds. The van der Waals surface area contributed by atoms with E-state index in [1.54, 1.807) is 0 Å². The van der Waals surface area contributed by atoms with Crippen LogP contribution in [0.1, 0.15) is 40.5 Å². The van der Waals surface area contributed by atoms with E-state index in [0.29, 0.717) is 11.5 Å². The van der Waals surface area contributed by atoms with Gasteiger partial charge in [-0.2, -0.15) is 0 Å². The molecule has 1 aliphatic heterocycles. The summed E-state index contributed by atoms with van der Waals surface area (Å²) in [5.74, 6) is 2.74. The molecule has 0 spiro atoms. The number of aliphatic imine (C=N–C) groups is 1. The van der Waals surface area contributed by atoms with Crippen LogP contribution in [-0.4, -0.2) is 23.5 Å². The highest BCUT2D eigenvalue weighted by molar-refractivity contribution is 8.13. The predicted molar refractivity (Wildman–Crippen MR) is 73.0 cm³/mol. The molecule has 0 bridgehead atoms. The zero-order valence-electron chi connectivity index (χ0n) is 10.9. The van der Waals surface area contributed by atoms with Crippen molar-refractivity contribution in [3.8, 4) is 0 Å². The third-order valence-electron chi connectivity index (χ3n) is 4.34. The summed E-state index contributed by atoms with van der Waals surface area (Å²) >= 11 is 1.89. The van der Waals surface area contributed by atoms with E-state index in [0.717, 1.165) is 18.4 Å². The molecule has 92 valence electrons. The van der Waals surface area contributed by atoms with Gasteiger partial charge in [0, 0.05) is 18.3 Å². The molecule has 2 unspecified atom stereocenters. The van der Waals surface area contributed by atoms with Gasteiger partial charge in [-0.25, -0.2) is 0 Å². The Balaban J connectivity index is 1.89. The van der Waals surface area contributed by atoms with E-state index < -0.39 is 0 Å². The second-order valence-electron chi connectivity index (χ2n) is 5.86. The van der Waals surface area contributed by atoms with Crippen LogP contribution in [0.3, 0.4) is 0 Å². The largest absolute Gasteiger partial charge is 0.362 e. The summed E-state index contributed by atoms with van der Waals surface area (Å²) in [6, 6.07) is 0.578. The van der Waals surface area contributed by atoms with Crippen molar-refractivity contribution >= 4 is 16.9 Å². The maximum Gasteiger partial charge on any atom is 0.156 e. The van der Waals surface area contributed by atoms with Gasteiger partial charge < -0.3 is 5.32 Å². The molecule has 2 nitrogen and oxygen atoms in total. The molecule has 2 aliphatic rings. The van der Waals surface area contributed by atoms with Gasteiger partial charge in [-0.15, -0.1) is 0 Å². The fraction of sp³-hybridized carbons (Fsp3) is 0.923. The number of thioether (sulfide) groups is 1.